The van der Waals surface area contributed by atoms with Crippen molar-refractivity contribution in [2.24, 2.45) is 0 Å². The zero-order valence-electron chi connectivity index (χ0n) is 23.8. The fraction of sp³-hybridized carbons (Fsp3) is 0.682. The molecule has 0 atom stereocenters. The van der Waals surface area contributed by atoms with Crippen LogP contribution in [-0.2, 0) is 33.6 Å². The number of hydrazine groups is 1. The van der Waals surface area contributed by atoms with E-state index in [0.29, 0.717) is 0 Å². The molecule has 0 aromatic rings. The smallest absolute Gasteiger partial charge is 0.480 e. The SMILES string of the molecule is O=C(O)CN1CCN(CC(=O)O)CCN(CC(=O)NNC(=O)CN(CC(=O)O)CC(=O)O)CCN(CC(=O)O)CC1.[Gd+3].[Na+]. The van der Waals surface area contributed by atoms with Crippen LogP contribution >= 0.6 is 0 Å². The van der Waals surface area contributed by atoms with Crippen LogP contribution in [0.1, 0.15) is 0 Å². The van der Waals surface area contributed by atoms with Crippen molar-refractivity contribution in [2.45, 2.75) is 0 Å². The van der Waals surface area contributed by atoms with E-state index in [9.17, 15) is 48.9 Å². The van der Waals surface area contributed by atoms with Crippen molar-refractivity contribution in [2.75, 3.05) is 98.2 Å². The van der Waals surface area contributed by atoms with Gasteiger partial charge in [0.05, 0.1) is 45.8 Å². The third-order valence-electron chi connectivity index (χ3n) is 5.80. The number of carboxylic acid groups (broad SMARTS) is 5. The first kappa shape index (κ1) is 43.5. The standard InChI is InChI=1S/C22H37N7O12.Gd.Na/c30-16(23-24-17(31)10-29(14-21(38)39)15-22(40)41)9-25-1-3-26(11-18(32)33)5-7-28(13-20(36)37)8-6-27(4-2-25)12-19(34)35;;/h1-15H2,(H,23,30)(H,24,31)(H,32,33)(H,34,35)(H,36,37)(H,38,39)(H,40,41);;/q;+3;+1. The molecule has 19 nitrogen and oxygen atoms in total. The van der Waals surface area contributed by atoms with E-state index in [1.54, 1.807) is 19.6 Å². The molecule has 1 saturated heterocycles. The number of hydrogen-bond acceptors (Lipinski definition) is 12. The van der Waals surface area contributed by atoms with Crippen molar-refractivity contribution in [1.82, 2.24) is 35.4 Å². The van der Waals surface area contributed by atoms with Crippen molar-refractivity contribution in [3.63, 3.8) is 0 Å². The first-order valence-electron chi connectivity index (χ1n) is 12.5. The van der Waals surface area contributed by atoms with E-state index in [1.165, 1.54) is 0 Å². The van der Waals surface area contributed by atoms with Crippen molar-refractivity contribution in [3.05, 3.63) is 0 Å². The molecule has 21 heteroatoms. The van der Waals surface area contributed by atoms with E-state index in [0.717, 1.165) is 4.90 Å². The number of carbonyl (C=O) groups is 7. The number of nitrogens with one attached hydrogen (secondary N) is 2. The zero-order valence-corrected chi connectivity index (χ0v) is 28.1. The number of carboxylic acids is 5. The van der Waals surface area contributed by atoms with Crippen LogP contribution in [0.2, 0.25) is 0 Å². The summed E-state index contributed by atoms with van der Waals surface area (Å²) in [6.45, 7) is -1.70. The number of aliphatic carboxylic acids is 5. The van der Waals surface area contributed by atoms with Crippen LogP contribution in [0.25, 0.3) is 0 Å². The topological polar surface area (TPSA) is 261 Å². The summed E-state index contributed by atoms with van der Waals surface area (Å²) in [7, 11) is 0. The number of carbonyl (C=O) groups excluding carboxylic acids is 2. The summed E-state index contributed by atoms with van der Waals surface area (Å²) in [5.74, 6) is -7.50. The van der Waals surface area contributed by atoms with Crippen molar-refractivity contribution >= 4 is 41.7 Å². The Bertz CT molecular complexity index is 916. The summed E-state index contributed by atoms with van der Waals surface area (Å²) in [6.07, 6.45) is 0. The van der Waals surface area contributed by atoms with Crippen molar-refractivity contribution in [3.8, 4) is 0 Å². The fourth-order valence-corrected chi connectivity index (χ4v) is 3.96. The molecule has 1 fully saturated rings. The molecule has 1 radical (unpaired) electrons. The average Bonchev–Trinajstić information content (AvgIpc) is 2.82. The third-order valence-corrected chi connectivity index (χ3v) is 5.80. The normalized spacial score (nSPS) is 15.9. The van der Waals surface area contributed by atoms with Gasteiger partial charge in [0.25, 0.3) is 11.8 Å². The molecule has 0 aliphatic carbocycles. The Morgan fingerprint density at radius 1 is 0.465 bits per heavy atom. The summed E-state index contributed by atoms with van der Waals surface area (Å²) < 4.78 is 0. The van der Waals surface area contributed by atoms with Gasteiger partial charge in [-0.3, -0.25) is 68.9 Å². The molecule has 1 rings (SSSR count). The Hall–Kier alpha value is -1.59. The monoisotopic (exact) mass is 772 g/mol. The summed E-state index contributed by atoms with van der Waals surface area (Å²) >= 11 is 0. The molecule has 1 aliphatic heterocycles. The molecule has 0 saturated carbocycles. The summed E-state index contributed by atoms with van der Waals surface area (Å²) in [4.78, 5) is 87.6. The van der Waals surface area contributed by atoms with Gasteiger partial charge in [-0.25, -0.2) is 0 Å². The van der Waals surface area contributed by atoms with Crippen LogP contribution in [0.4, 0.5) is 0 Å². The second kappa shape index (κ2) is 23.8. The first-order valence-corrected chi connectivity index (χ1v) is 12.5. The molecule has 237 valence electrons. The van der Waals surface area contributed by atoms with Gasteiger partial charge in [0, 0.05) is 52.4 Å². The quantitative estimate of drug-likeness (QED) is 0.0639. The molecule has 7 N–H and O–H groups in total. The minimum Gasteiger partial charge on any atom is -0.480 e. The molecule has 0 spiro atoms. The average molecular weight is 772 g/mol. The van der Waals surface area contributed by atoms with E-state index < -0.39 is 61.3 Å². The van der Waals surface area contributed by atoms with Crippen LogP contribution in [0.3, 0.4) is 0 Å². The molecule has 2 amide bonds. The van der Waals surface area contributed by atoms with Gasteiger partial charge in [0.1, 0.15) is 0 Å². The Morgan fingerprint density at radius 2 is 0.744 bits per heavy atom. The van der Waals surface area contributed by atoms with Gasteiger partial charge in [0.15, 0.2) is 0 Å². The largest absolute Gasteiger partial charge is 3.00 e. The van der Waals surface area contributed by atoms with E-state index in [1.807, 2.05) is 0 Å². The van der Waals surface area contributed by atoms with Gasteiger partial charge in [-0.1, -0.05) is 0 Å². The van der Waals surface area contributed by atoms with Gasteiger partial charge in [0.2, 0.25) is 0 Å². The zero-order chi connectivity index (χ0) is 30.9. The first-order chi connectivity index (χ1) is 19.2. The number of nitrogens with zero attached hydrogens (tertiary/aromatic N) is 5. The molecule has 0 aromatic carbocycles. The minimum atomic E-state index is -1.35. The molecule has 1 aliphatic rings. The van der Waals surface area contributed by atoms with Gasteiger partial charge >= 0.3 is 99.3 Å². The molecular weight excluding hydrogens is 735 g/mol. The number of rotatable bonds is 14. The summed E-state index contributed by atoms with van der Waals surface area (Å²) in [5.41, 5.74) is 4.24. The molecule has 1 heterocycles. The molecule has 43 heavy (non-hydrogen) atoms. The van der Waals surface area contributed by atoms with Crippen molar-refractivity contribution < 1.29 is 129 Å². The number of amides is 2. The second-order valence-electron chi connectivity index (χ2n) is 9.31. The van der Waals surface area contributed by atoms with E-state index in [2.05, 4.69) is 10.9 Å². The third kappa shape index (κ3) is 22.6. The maximum atomic E-state index is 12.5. The van der Waals surface area contributed by atoms with Crippen LogP contribution in [0.5, 0.6) is 0 Å². The Morgan fingerprint density at radius 3 is 1.02 bits per heavy atom. The Kier molecular flexibility index (Phi) is 24.1. The van der Waals surface area contributed by atoms with E-state index in [-0.39, 0.29) is 148 Å². The Balaban J connectivity index is 0. The molecule has 0 unspecified atom stereocenters. The fourth-order valence-electron chi connectivity index (χ4n) is 3.96. The van der Waals surface area contributed by atoms with E-state index in [4.69, 9.17) is 10.2 Å². The van der Waals surface area contributed by atoms with Gasteiger partial charge in [-0.15, -0.1) is 0 Å². The predicted molar refractivity (Wildman–Crippen MR) is 137 cm³/mol. The van der Waals surface area contributed by atoms with Crippen LogP contribution in [0, 0.1) is 39.9 Å². The maximum Gasteiger partial charge on any atom is 3.00 e. The van der Waals surface area contributed by atoms with Gasteiger partial charge in [-0.05, 0) is 0 Å². The maximum absolute atomic E-state index is 12.5. The summed E-state index contributed by atoms with van der Waals surface area (Å²) in [5, 5.41) is 45.5. The summed E-state index contributed by atoms with van der Waals surface area (Å²) in [6, 6.07) is 0. The van der Waals surface area contributed by atoms with Gasteiger partial charge < -0.3 is 25.5 Å². The molecule has 0 aromatic heterocycles. The van der Waals surface area contributed by atoms with Crippen LogP contribution in [0.15, 0.2) is 0 Å². The van der Waals surface area contributed by atoms with Crippen molar-refractivity contribution in [1.29, 1.82) is 0 Å². The predicted octanol–water partition coefficient (Wildman–Crippen LogP) is -7.92. The van der Waals surface area contributed by atoms with Crippen LogP contribution in [-0.4, -0.2) is 190 Å². The van der Waals surface area contributed by atoms with Gasteiger partial charge in [-0.2, -0.15) is 0 Å². The van der Waals surface area contributed by atoms with E-state index >= 15 is 0 Å². The molecule has 0 bridgehead atoms. The minimum absolute atomic E-state index is 0. The van der Waals surface area contributed by atoms with Crippen LogP contribution < -0.4 is 40.4 Å². The molecular formula is C22H37GdN7NaO12+4. The number of hydrogen-bond donors (Lipinski definition) is 7. The Labute approximate surface area is 301 Å². The second-order valence-corrected chi connectivity index (χ2v) is 9.31.